The first-order valence-electron chi connectivity index (χ1n) is 6.70. The molecule has 2 nitrogen and oxygen atoms in total. The molecule has 0 bridgehead atoms. The van der Waals surface area contributed by atoms with Crippen molar-refractivity contribution in [1.29, 1.82) is 0 Å². The molecule has 0 aliphatic heterocycles. The SMILES string of the molecule is C[C@@H](O)c1cc(Cl)ccc1OCc1csc2ccccc12. The van der Waals surface area contributed by atoms with Crippen LogP contribution in [-0.4, -0.2) is 5.11 Å². The second-order valence-corrected chi connectivity index (χ2v) is 6.25. The van der Waals surface area contributed by atoms with Crippen molar-refractivity contribution >= 4 is 33.0 Å². The molecule has 0 aliphatic rings. The van der Waals surface area contributed by atoms with E-state index in [1.807, 2.05) is 12.1 Å². The minimum atomic E-state index is -0.613. The maximum absolute atomic E-state index is 9.82. The molecule has 0 saturated carbocycles. The smallest absolute Gasteiger partial charge is 0.125 e. The number of halogens is 1. The third kappa shape index (κ3) is 3.05. The van der Waals surface area contributed by atoms with Crippen LogP contribution in [-0.2, 0) is 6.61 Å². The number of aliphatic hydroxyl groups is 1. The zero-order valence-electron chi connectivity index (χ0n) is 11.5. The summed E-state index contributed by atoms with van der Waals surface area (Å²) in [6, 6.07) is 13.6. The summed E-state index contributed by atoms with van der Waals surface area (Å²) in [5, 5.41) is 13.7. The van der Waals surface area contributed by atoms with Crippen LogP contribution in [0.1, 0.15) is 24.2 Å². The van der Waals surface area contributed by atoms with E-state index in [9.17, 15) is 5.11 Å². The van der Waals surface area contributed by atoms with Gasteiger partial charge in [-0.3, -0.25) is 0 Å². The topological polar surface area (TPSA) is 29.5 Å². The second-order valence-electron chi connectivity index (χ2n) is 4.90. The van der Waals surface area contributed by atoms with Gasteiger partial charge in [-0.05, 0) is 42.0 Å². The maximum atomic E-state index is 9.82. The molecule has 0 fully saturated rings. The Hall–Kier alpha value is -1.55. The third-order valence-corrected chi connectivity index (χ3v) is 4.61. The third-order valence-electron chi connectivity index (χ3n) is 3.37. The quantitative estimate of drug-likeness (QED) is 0.717. The van der Waals surface area contributed by atoms with Gasteiger partial charge in [-0.2, -0.15) is 0 Å². The number of ether oxygens (including phenoxy) is 1. The first-order valence-corrected chi connectivity index (χ1v) is 7.96. The Bertz CT molecular complexity index is 764. The molecular formula is C17H15ClO2S. The van der Waals surface area contributed by atoms with E-state index in [0.29, 0.717) is 22.9 Å². The molecule has 4 heteroatoms. The summed E-state index contributed by atoms with van der Waals surface area (Å²) in [5.74, 6) is 0.671. The summed E-state index contributed by atoms with van der Waals surface area (Å²) in [4.78, 5) is 0. The minimum absolute atomic E-state index is 0.478. The van der Waals surface area contributed by atoms with Crippen LogP contribution in [0.3, 0.4) is 0 Å². The first-order chi connectivity index (χ1) is 10.1. The fraction of sp³-hybridized carbons (Fsp3) is 0.176. The van der Waals surface area contributed by atoms with Crippen molar-refractivity contribution in [2.24, 2.45) is 0 Å². The Labute approximate surface area is 132 Å². The molecule has 0 saturated heterocycles. The average Bonchev–Trinajstić information content (AvgIpc) is 2.89. The van der Waals surface area contributed by atoms with Gasteiger partial charge >= 0.3 is 0 Å². The predicted octanol–water partition coefficient (Wildman–Crippen LogP) is 5.19. The Balaban J connectivity index is 1.85. The molecule has 108 valence electrons. The van der Waals surface area contributed by atoms with E-state index >= 15 is 0 Å². The second kappa shape index (κ2) is 6.06. The molecule has 0 unspecified atom stereocenters. The van der Waals surface area contributed by atoms with Gasteiger partial charge in [-0.25, -0.2) is 0 Å². The lowest BCUT2D eigenvalue weighted by molar-refractivity contribution is 0.190. The maximum Gasteiger partial charge on any atom is 0.125 e. The molecule has 0 radical (unpaired) electrons. The molecule has 1 N–H and O–H groups in total. The van der Waals surface area contributed by atoms with Gasteiger partial charge in [0.25, 0.3) is 0 Å². The fourth-order valence-corrected chi connectivity index (χ4v) is 3.41. The van der Waals surface area contributed by atoms with Gasteiger partial charge in [0.15, 0.2) is 0 Å². The van der Waals surface area contributed by atoms with Crippen molar-refractivity contribution in [3.8, 4) is 5.75 Å². The van der Waals surface area contributed by atoms with E-state index < -0.39 is 6.10 Å². The largest absolute Gasteiger partial charge is 0.488 e. The number of benzene rings is 2. The molecule has 0 aliphatic carbocycles. The summed E-state index contributed by atoms with van der Waals surface area (Å²) in [6.45, 7) is 2.18. The lowest BCUT2D eigenvalue weighted by Crippen LogP contribution is -2.00. The number of hydrogen-bond acceptors (Lipinski definition) is 3. The van der Waals surface area contributed by atoms with Crippen LogP contribution in [0.25, 0.3) is 10.1 Å². The first kappa shape index (κ1) is 14.4. The zero-order valence-corrected chi connectivity index (χ0v) is 13.1. The van der Waals surface area contributed by atoms with E-state index in [0.717, 1.165) is 5.56 Å². The van der Waals surface area contributed by atoms with Crippen LogP contribution >= 0.6 is 22.9 Å². The zero-order chi connectivity index (χ0) is 14.8. The molecule has 3 rings (SSSR count). The van der Waals surface area contributed by atoms with Gasteiger partial charge in [0.2, 0.25) is 0 Å². The van der Waals surface area contributed by atoms with Crippen molar-refractivity contribution in [2.45, 2.75) is 19.6 Å². The Morgan fingerprint density at radius 1 is 1.24 bits per heavy atom. The van der Waals surface area contributed by atoms with Crippen LogP contribution in [0.15, 0.2) is 47.8 Å². The monoisotopic (exact) mass is 318 g/mol. The lowest BCUT2D eigenvalue weighted by atomic mass is 10.1. The molecule has 0 amide bonds. The van der Waals surface area contributed by atoms with Gasteiger partial charge in [0, 0.05) is 20.8 Å². The van der Waals surface area contributed by atoms with Gasteiger partial charge < -0.3 is 9.84 Å². The number of rotatable bonds is 4. The van der Waals surface area contributed by atoms with Crippen LogP contribution in [0.2, 0.25) is 5.02 Å². The summed E-state index contributed by atoms with van der Waals surface area (Å²) in [6.07, 6.45) is -0.613. The van der Waals surface area contributed by atoms with Crippen LogP contribution < -0.4 is 4.74 Å². The van der Waals surface area contributed by atoms with Gasteiger partial charge in [0.05, 0.1) is 6.10 Å². The molecule has 21 heavy (non-hydrogen) atoms. The van der Waals surface area contributed by atoms with Crippen LogP contribution in [0, 0.1) is 0 Å². The van der Waals surface area contributed by atoms with Crippen LogP contribution in [0.5, 0.6) is 5.75 Å². The molecule has 1 aromatic heterocycles. The van der Waals surface area contributed by atoms with E-state index in [-0.39, 0.29) is 0 Å². The molecule has 2 aromatic carbocycles. The lowest BCUT2D eigenvalue weighted by Gasteiger charge is -2.13. The van der Waals surface area contributed by atoms with E-state index in [2.05, 4.69) is 17.5 Å². The standard InChI is InChI=1S/C17H15ClO2S/c1-11(19)15-8-13(18)6-7-16(15)20-9-12-10-21-17-5-3-2-4-14(12)17/h2-8,10-11,19H,9H2,1H3/t11-/m1/s1. The predicted molar refractivity (Wildman–Crippen MR) is 88.2 cm³/mol. The Kier molecular flexibility index (Phi) is 4.15. The number of aliphatic hydroxyl groups excluding tert-OH is 1. The van der Waals surface area contributed by atoms with E-state index in [1.165, 1.54) is 10.1 Å². The molecule has 3 aromatic rings. The highest BCUT2D eigenvalue weighted by Gasteiger charge is 2.11. The molecular weight excluding hydrogens is 304 g/mol. The molecule has 1 atom stereocenters. The fourth-order valence-electron chi connectivity index (χ4n) is 2.28. The highest BCUT2D eigenvalue weighted by molar-refractivity contribution is 7.17. The number of hydrogen-bond donors (Lipinski definition) is 1. The Morgan fingerprint density at radius 2 is 2.05 bits per heavy atom. The molecule has 0 spiro atoms. The van der Waals surface area contributed by atoms with Crippen LogP contribution in [0.4, 0.5) is 0 Å². The Morgan fingerprint density at radius 3 is 2.86 bits per heavy atom. The van der Waals surface area contributed by atoms with Gasteiger partial charge in [-0.1, -0.05) is 29.8 Å². The van der Waals surface area contributed by atoms with Crippen molar-refractivity contribution in [2.75, 3.05) is 0 Å². The summed E-state index contributed by atoms with van der Waals surface area (Å²) in [5.41, 5.74) is 1.86. The highest BCUT2D eigenvalue weighted by atomic mass is 35.5. The average molecular weight is 319 g/mol. The van der Waals surface area contributed by atoms with Gasteiger partial charge in [-0.15, -0.1) is 11.3 Å². The van der Waals surface area contributed by atoms with Gasteiger partial charge in [0.1, 0.15) is 12.4 Å². The van der Waals surface area contributed by atoms with E-state index in [4.69, 9.17) is 16.3 Å². The molecule has 1 heterocycles. The summed E-state index contributed by atoms with van der Waals surface area (Å²) in [7, 11) is 0. The number of thiophene rings is 1. The highest BCUT2D eigenvalue weighted by Crippen LogP contribution is 2.31. The van der Waals surface area contributed by atoms with Crippen molar-refractivity contribution in [1.82, 2.24) is 0 Å². The summed E-state index contributed by atoms with van der Waals surface area (Å²) >= 11 is 7.69. The minimum Gasteiger partial charge on any atom is -0.488 e. The summed E-state index contributed by atoms with van der Waals surface area (Å²) < 4.78 is 7.15. The normalized spacial score (nSPS) is 12.5. The van der Waals surface area contributed by atoms with E-state index in [1.54, 1.807) is 36.5 Å². The van der Waals surface area contributed by atoms with Crippen molar-refractivity contribution in [3.63, 3.8) is 0 Å². The van der Waals surface area contributed by atoms with Crippen molar-refractivity contribution < 1.29 is 9.84 Å². The number of fused-ring (bicyclic) bond motifs is 1. The van der Waals surface area contributed by atoms with Crippen molar-refractivity contribution in [3.05, 3.63) is 64.0 Å².